The molecule has 0 aromatic carbocycles. The quantitative estimate of drug-likeness (QED) is 0.388. The molecule has 0 saturated heterocycles. The van der Waals surface area contributed by atoms with Gasteiger partial charge < -0.3 is 0 Å². The molecule has 0 aliphatic heterocycles. The molecule has 0 radical (unpaired) electrons. The minimum atomic E-state index is 1.06. The lowest BCUT2D eigenvalue weighted by molar-refractivity contribution is 0.277. The largest absolute Gasteiger partial charge is 0.0861 e. The normalized spacial score (nSPS) is 29.1. The molecule has 78 valence electrons. The van der Waals surface area contributed by atoms with Crippen molar-refractivity contribution in [3.8, 4) is 0 Å². The third-order valence-corrected chi connectivity index (χ3v) is 4.65. The van der Waals surface area contributed by atoms with E-state index < -0.39 is 0 Å². The maximum atomic E-state index is 2.55. The third kappa shape index (κ3) is 4.66. The highest BCUT2D eigenvalue weighted by Crippen LogP contribution is 2.32. The SMILES string of the molecule is CCCCCC1CCC(CI)CC1. The van der Waals surface area contributed by atoms with Crippen molar-refractivity contribution in [2.45, 2.75) is 58.3 Å². The summed E-state index contributed by atoms with van der Waals surface area (Å²) in [6.45, 7) is 2.30. The Kier molecular flexibility index (Phi) is 6.43. The number of halogens is 1. The Bertz CT molecular complexity index is 112. The van der Waals surface area contributed by atoms with Gasteiger partial charge in [-0.2, -0.15) is 0 Å². The lowest BCUT2D eigenvalue weighted by atomic mass is 9.80. The fourth-order valence-electron chi connectivity index (χ4n) is 2.36. The Morgan fingerprint density at radius 2 is 1.62 bits per heavy atom. The fraction of sp³-hybridized carbons (Fsp3) is 1.00. The zero-order chi connectivity index (χ0) is 9.52. The lowest BCUT2D eigenvalue weighted by Gasteiger charge is -2.27. The minimum absolute atomic E-state index is 1.06. The van der Waals surface area contributed by atoms with E-state index in [1.54, 1.807) is 0 Å². The van der Waals surface area contributed by atoms with Crippen molar-refractivity contribution in [1.82, 2.24) is 0 Å². The maximum Gasteiger partial charge on any atom is 0.00237 e. The van der Waals surface area contributed by atoms with Gasteiger partial charge in [0.2, 0.25) is 0 Å². The zero-order valence-electron chi connectivity index (χ0n) is 8.90. The van der Waals surface area contributed by atoms with Gasteiger partial charge in [-0.15, -0.1) is 0 Å². The Labute approximate surface area is 97.0 Å². The lowest BCUT2D eigenvalue weighted by Crippen LogP contribution is -2.15. The van der Waals surface area contributed by atoms with Gasteiger partial charge in [-0.3, -0.25) is 0 Å². The molecule has 1 saturated carbocycles. The highest BCUT2D eigenvalue weighted by molar-refractivity contribution is 14.1. The van der Waals surface area contributed by atoms with E-state index in [-0.39, 0.29) is 0 Å². The summed E-state index contributed by atoms with van der Waals surface area (Å²) in [6, 6.07) is 0. The Morgan fingerprint density at radius 1 is 1.00 bits per heavy atom. The first-order valence-corrected chi connectivity index (χ1v) is 7.45. The van der Waals surface area contributed by atoms with Crippen LogP contribution in [-0.4, -0.2) is 4.43 Å². The van der Waals surface area contributed by atoms with Crippen LogP contribution in [0.2, 0.25) is 0 Å². The van der Waals surface area contributed by atoms with Gasteiger partial charge >= 0.3 is 0 Å². The van der Waals surface area contributed by atoms with Crippen molar-refractivity contribution in [1.29, 1.82) is 0 Å². The number of hydrogen-bond donors (Lipinski definition) is 0. The summed E-state index contributed by atoms with van der Waals surface area (Å²) in [6.07, 6.45) is 11.9. The summed E-state index contributed by atoms with van der Waals surface area (Å²) in [5, 5.41) is 0. The minimum Gasteiger partial charge on any atom is -0.0861 e. The van der Waals surface area contributed by atoms with Crippen LogP contribution in [0.4, 0.5) is 0 Å². The average Bonchev–Trinajstić information content (AvgIpc) is 2.19. The summed E-state index contributed by atoms with van der Waals surface area (Å²) in [5.74, 6) is 2.15. The van der Waals surface area contributed by atoms with Crippen LogP contribution in [0.25, 0.3) is 0 Å². The summed E-state index contributed by atoms with van der Waals surface area (Å²) in [7, 11) is 0. The van der Waals surface area contributed by atoms with Crippen LogP contribution < -0.4 is 0 Å². The molecule has 0 N–H and O–H groups in total. The van der Waals surface area contributed by atoms with E-state index in [1.165, 1.54) is 55.8 Å². The third-order valence-electron chi connectivity index (χ3n) is 3.40. The second kappa shape index (κ2) is 7.08. The molecule has 0 amide bonds. The molecule has 13 heavy (non-hydrogen) atoms. The number of rotatable bonds is 5. The Morgan fingerprint density at radius 3 is 2.15 bits per heavy atom. The molecular formula is C12H23I. The van der Waals surface area contributed by atoms with E-state index in [4.69, 9.17) is 0 Å². The van der Waals surface area contributed by atoms with Gasteiger partial charge in [0.1, 0.15) is 0 Å². The van der Waals surface area contributed by atoms with Crippen molar-refractivity contribution < 1.29 is 0 Å². The standard InChI is InChI=1S/C12H23I/c1-2-3-4-5-11-6-8-12(10-13)9-7-11/h11-12H,2-10H2,1H3. The van der Waals surface area contributed by atoms with E-state index in [9.17, 15) is 0 Å². The summed E-state index contributed by atoms with van der Waals surface area (Å²) >= 11 is 2.55. The summed E-state index contributed by atoms with van der Waals surface area (Å²) in [4.78, 5) is 0. The zero-order valence-corrected chi connectivity index (χ0v) is 11.1. The molecule has 1 fully saturated rings. The predicted octanol–water partition coefficient (Wildman–Crippen LogP) is 4.81. The second-order valence-corrected chi connectivity index (χ2v) is 5.42. The molecule has 0 atom stereocenters. The van der Waals surface area contributed by atoms with Crippen molar-refractivity contribution in [3.63, 3.8) is 0 Å². The molecule has 0 heterocycles. The van der Waals surface area contributed by atoms with Crippen molar-refractivity contribution in [2.75, 3.05) is 4.43 Å². The number of unbranched alkanes of at least 4 members (excludes halogenated alkanes) is 2. The smallest absolute Gasteiger partial charge is 0.00237 e. The molecule has 1 rings (SSSR count). The molecule has 0 unspecified atom stereocenters. The predicted molar refractivity (Wildman–Crippen MR) is 68.5 cm³/mol. The van der Waals surface area contributed by atoms with Gasteiger partial charge in [-0.1, -0.05) is 68.0 Å². The molecule has 1 aliphatic rings. The van der Waals surface area contributed by atoms with Crippen LogP contribution >= 0.6 is 22.6 Å². The maximum absolute atomic E-state index is 2.55. The van der Waals surface area contributed by atoms with Crippen LogP contribution in [0.15, 0.2) is 0 Å². The van der Waals surface area contributed by atoms with Crippen LogP contribution in [0, 0.1) is 11.8 Å². The molecule has 0 aromatic rings. The first kappa shape index (κ1) is 11.8. The van der Waals surface area contributed by atoms with Gasteiger partial charge in [0.15, 0.2) is 0 Å². The average molecular weight is 294 g/mol. The Balaban J connectivity index is 2.03. The van der Waals surface area contributed by atoms with Crippen LogP contribution in [-0.2, 0) is 0 Å². The molecule has 0 nitrogen and oxygen atoms in total. The Hall–Kier alpha value is 0.730. The van der Waals surface area contributed by atoms with E-state index in [0.29, 0.717) is 0 Å². The van der Waals surface area contributed by atoms with E-state index >= 15 is 0 Å². The van der Waals surface area contributed by atoms with Gasteiger partial charge in [-0.05, 0) is 24.7 Å². The number of hydrogen-bond acceptors (Lipinski definition) is 0. The van der Waals surface area contributed by atoms with E-state index in [1.807, 2.05) is 0 Å². The molecule has 1 heteroatoms. The monoisotopic (exact) mass is 294 g/mol. The van der Waals surface area contributed by atoms with Crippen LogP contribution in [0.5, 0.6) is 0 Å². The van der Waals surface area contributed by atoms with Gasteiger partial charge in [0.25, 0.3) is 0 Å². The highest BCUT2D eigenvalue weighted by atomic mass is 127. The molecule has 1 aliphatic carbocycles. The molecular weight excluding hydrogens is 271 g/mol. The van der Waals surface area contributed by atoms with Crippen LogP contribution in [0.3, 0.4) is 0 Å². The van der Waals surface area contributed by atoms with E-state index in [0.717, 1.165) is 11.8 Å². The molecule has 0 bridgehead atoms. The second-order valence-electron chi connectivity index (χ2n) is 4.54. The van der Waals surface area contributed by atoms with Crippen molar-refractivity contribution in [3.05, 3.63) is 0 Å². The number of alkyl halides is 1. The van der Waals surface area contributed by atoms with Crippen molar-refractivity contribution in [2.24, 2.45) is 11.8 Å². The van der Waals surface area contributed by atoms with Gasteiger partial charge in [-0.25, -0.2) is 0 Å². The first-order chi connectivity index (χ1) is 6.36. The van der Waals surface area contributed by atoms with Gasteiger partial charge in [0.05, 0.1) is 0 Å². The first-order valence-electron chi connectivity index (χ1n) is 5.92. The molecule has 0 spiro atoms. The van der Waals surface area contributed by atoms with Gasteiger partial charge in [0, 0.05) is 4.43 Å². The summed E-state index contributed by atoms with van der Waals surface area (Å²) in [5.41, 5.74) is 0. The topological polar surface area (TPSA) is 0 Å². The highest BCUT2D eigenvalue weighted by Gasteiger charge is 2.19. The fourth-order valence-corrected chi connectivity index (χ4v) is 3.24. The molecule has 0 aromatic heterocycles. The van der Waals surface area contributed by atoms with Crippen molar-refractivity contribution >= 4 is 22.6 Å². The van der Waals surface area contributed by atoms with E-state index in [2.05, 4.69) is 29.5 Å². The van der Waals surface area contributed by atoms with Crippen LogP contribution in [0.1, 0.15) is 58.3 Å². The summed E-state index contributed by atoms with van der Waals surface area (Å²) < 4.78 is 1.39.